The van der Waals surface area contributed by atoms with E-state index in [0.29, 0.717) is 12.6 Å². The van der Waals surface area contributed by atoms with E-state index in [1.807, 2.05) is 0 Å². The van der Waals surface area contributed by atoms with Gasteiger partial charge in [-0.05, 0) is 50.4 Å². The van der Waals surface area contributed by atoms with Crippen LogP contribution < -0.4 is 5.73 Å². The van der Waals surface area contributed by atoms with Crippen molar-refractivity contribution in [3.05, 3.63) is 0 Å². The summed E-state index contributed by atoms with van der Waals surface area (Å²) in [5.41, 5.74) is 6.17. The van der Waals surface area contributed by atoms with Crippen LogP contribution in [-0.2, 0) is 4.74 Å². The summed E-state index contributed by atoms with van der Waals surface area (Å²) in [6.07, 6.45) is 10.6. The fourth-order valence-electron chi connectivity index (χ4n) is 5.06. The van der Waals surface area contributed by atoms with Crippen LogP contribution in [0.15, 0.2) is 0 Å². The average molecular weight is 281 g/mol. The highest BCUT2D eigenvalue weighted by atomic mass is 16.5. The standard InChI is InChI=1S/C17H31NO2/c1-15(2)9-10-16(12-18,14(15)19)11-13-5-8-17(20-13)6-3-4-7-17/h13-14,19H,3-12,18H2,1-2H3. The normalized spacial score (nSPS) is 42.6. The summed E-state index contributed by atoms with van der Waals surface area (Å²) in [7, 11) is 0. The molecule has 20 heavy (non-hydrogen) atoms. The minimum atomic E-state index is -0.288. The first-order valence-corrected chi connectivity index (χ1v) is 8.47. The molecule has 1 heterocycles. The zero-order chi connectivity index (χ0) is 14.4. The number of rotatable bonds is 3. The zero-order valence-electron chi connectivity index (χ0n) is 13.2. The molecule has 0 radical (unpaired) electrons. The van der Waals surface area contributed by atoms with Crippen molar-refractivity contribution in [1.29, 1.82) is 0 Å². The van der Waals surface area contributed by atoms with Crippen molar-refractivity contribution in [2.24, 2.45) is 16.6 Å². The molecule has 0 aromatic heterocycles. The topological polar surface area (TPSA) is 55.5 Å². The van der Waals surface area contributed by atoms with E-state index in [1.165, 1.54) is 32.1 Å². The van der Waals surface area contributed by atoms with E-state index in [-0.39, 0.29) is 22.5 Å². The third kappa shape index (κ3) is 2.32. The lowest BCUT2D eigenvalue weighted by molar-refractivity contribution is -0.0769. The van der Waals surface area contributed by atoms with Crippen molar-refractivity contribution in [2.45, 2.75) is 89.4 Å². The highest BCUT2D eigenvalue weighted by Crippen LogP contribution is 2.53. The molecule has 2 saturated carbocycles. The van der Waals surface area contributed by atoms with Crippen LogP contribution in [0.1, 0.15) is 71.6 Å². The molecule has 116 valence electrons. The molecule has 1 saturated heterocycles. The molecule has 0 bridgehead atoms. The third-order valence-corrected chi connectivity index (χ3v) is 6.48. The molecular formula is C17H31NO2. The Morgan fingerprint density at radius 1 is 1.10 bits per heavy atom. The number of hydrogen-bond donors (Lipinski definition) is 2. The van der Waals surface area contributed by atoms with E-state index >= 15 is 0 Å². The van der Waals surface area contributed by atoms with Gasteiger partial charge in [-0.15, -0.1) is 0 Å². The van der Waals surface area contributed by atoms with Crippen LogP contribution >= 0.6 is 0 Å². The molecular weight excluding hydrogens is 250 g/mol. The lowest BCUT2D eigenvalue weighted by Crippen LogP contribution is -2.45. The van der Waals surface area contributed by atoms with Crippen LogP contribution in [0.4, 0.5) is 0 Å². The van der Waals surface area contributed by atoms with Gasteiger partial charge in [0.2, 0.25) is 0 Å². The molecule has 3 fully saturated rings. The minimum Gasteiger partial charge on any atom is -0.392 e. The average Bonchev–Trinajstić information content (AvgIpc) is 3.09. The van der Waals surface area contributed by atoms with E-state index in [0.717, 1.165) is 25.7 Å². The molecule has 3 rings (SSSR count). The molecule has 1 spiro atoms. The molecule has 1 aliphatic heterocycles. The van der Waals surface area contributed by atoms with Crippen LogP contribution in [0.2, 0.25) is 0 Å². The lowest BCUT2D eigenvalue weighted by Gasteiger charge is -2.38. The number of nitrogens with two attached hydrogens (primary N) is 1. The third-order valence-electron chi connectivity index (χ3n) is 6.48. The molecule has 3 nitrogen and oxygen atoms in total. The number of hydrogen-bond acceptors (Lipinski definition) is 3. The molecule has 3 atom stereocenters. The second-order valence-electron chi connectivity index (χ2n) is 8.33. The molecule has 0 aromatic carbocycles. The SMILES string of the molecule is CC1(C)CCC(CN)(CC2CCC3(CCCC3)O2)C1O. The van der Waals surface area contributed by atoms with Crippen molar-refractivity contribution in [3.63, 3.8) is 0 Å². The van der Waals surface area contributed by atoms with Gasteiger partial charge in [-0.1, -0.05) is 26.7 Å². The Labute approximate surface area is 123 Å². The summed E-state index contributed by atoms with van der Waals surface area (Å²) in [6, 6.07) is 0. The largest absolute Gasteiger partial charge is 0.392 e. The second-order valence-corrected chi connectivity index (χ2v) is 8.33. The first-order valence-electron chi connectivity index (χ1n) is 8.47. The van der Waals surface area contributed by atoms with Crippen LogP contribution in [0.25, 0.3) is 0 Å². The van der Waals surface area contributed by atoms with E-state index < -0.39 is 0 Å². The van der Waals surface area contributed by atoms with E-state index in [1.54, 1.807) is 0 Å². The molecule has 2 aliphatic carbocycles. The Balaban J connectivity index is 1.67. The molecule has 3 unspecified atom stereocenters. The van der Waals surface area contributed by atoms with Crippen LogP contribution in [0.3, 0.4) is 0 Å². The monoisotopic (exact) mass is 281 g/mol. The maximum absolute atomic E-state index is 10.7. The summed E-state index contributed by atoms with van der Waals surface area (Å²) >= 11 is 0. The molecule has 3 N–H and O–H groups in total. The van der Waals surface area contributed by atoms with Gasteiger partial charge in [0.1, 0.15) is 0 Å². The molecule has 0 aromatic rings. The number of aliphatic hydroxyl groups excluding tert-OH is 1. The van der Waals surface area contributed by atoms with Crippen molar-refractivity contribution in [2.75, 3.05) is 6.54 Å². The smallest absolute Gasteiger partial charge is 0.0687 e. The quantitative estimate of drug-likeness (QED) is 0.836. The maximum atomic E-state index is 10.7. The highest BCUT2D eigenvalue weighted by Gasteiger charge is 2.53. The summed E-state index contributed by atoms with van der Waals surface area (Å²) in [6.45, 7) is 4.93. The van der Waals surface area contributed by atoms with E-state index in [2.05, 4.69) is 13.8 Å². The lowest BCUT2D eigenvalue weighted by atomic mass is 9.74. The number of ether oxygens (including phenoxy) is 1. The van der Waals surface area contributed by atoms with Gasteiger partial charge in [0.15, 0.2) is 0 Å². The minimum absolute atomic E-state index is 0.00300. The van der Waals surface area contributed by atoms with Crippen LogP contribution in [0.5, 0.6) is 0 Å². The van der Waals surface area contributed by atoms with Gasteiger partial charge in [-0.25, -0.2) is 0 Å². The predicted molar refractivity (Wildman–Crippen MR) is 80.4 cm³/mol. The van der Waals surface area contributed by atoms with Gasteiger partial charge >= 0.3 is 0 Å². The Bertz CT molecular complexity index is 362. The van der Waals surface area contributed by atoms with Crippen LogP contribution in [0, 0.1) is 10.8 Å². The summed E-state index contributed by atoms with van der Waals surface area (Å²) in [5.74, 6) is 0. The fourth-order valence-corrected chi connectivity index (χ4v) is 5.06. The summed E-state index contributed by atoms with van der Waals surface area (Å²) < 4.78 is 6.45. The van der Waals surface area contributed by atoms with Gasteiger partial charge in [0.05, 0.1) is 17.8 Å². The highest BCUT2D eigenvalue weighted by molar-refractivity contribution is 5.04. The van der Waals surface area contributed by atoms with Crippen molar-refractivity contribution >= 4 is 0 Å². The first kappa shape index (κ1) is 14.8. The molecule has 0 amide bonds. The van der Waals surface area contributed by atoms with Gasteiger partial charge in [-0.2, -0.15) is 0 Å². The predicted octanol–water partition coefficient (Wildman–Crippen LogP) is 2.99. The van der Waals surface area contributed by atoms with Crippen molar-refractivity contribution in [3.8, 4) is 0 Å². The second kappa shape index (κ2) is 4.96. The van der Waals surface area contributed by atoms with Gasteiger partial charge in [0, 0.05) is 12.0 Å². The van der Waals surface area contributed by atoms with Gasteiger partial charge in [0.25, 0.3) is 0 Å². The number of aliphatic hydroxyl groups is 1. The maximum Gasteiger partial charge on any atom is 0.0687 e. The van der Waals surface area contributed by atoms with Crippen molar-refractivity contribution in [1.82, 2.24) is 0 Å². The van der Waals surface area contributed by atoms with E-state index in [9.17, 15) is 5.11 Å². The van der Waals surface area contributed by atoms with E-state index in [4.69, 9.17) is 10.5 Å². The summed E-state index contributed by atoms with van der Waals surface area (Å²) in [4.78, 5) is 0. The molecule has 3 aliphatic rings. The van der Waals surface area contributed by atoms with Gasteiger partial charge in [-0.3, -0.25) is 0 Å². The van der Waals surface area contributed by atoms with Crippen molar-refractivity contribution < 1.29 is 9.84 Å². The zero-order valence-corrected chi connectivity index (χ0v) is 13.2. The molecule has 3 heteroatoms. The fraction of sp³-hybridized carbons (Fsp3) is 1.00. The Morgan fingerprint density at radius 3 is 2.35 bits per heavy atom. The first-order chi connectivity index (χ1) is 9.41. The summed E-state index contributed by atoms with van der Waals surface area (Å²) in [5, 5.41) is 10.7. The Kier molecular flexibility index (Phi) is 3.67. The van der Waals surface area contributed by atoms with Crippen LogP contribution in [-0.4, -0.2) is 29.5 Å². The Morgan fingerprint density at radius 2 is 1.80 bits per heavy atom. The van der Waals surface area contributed by atoms with Gasteiger partial charge < -0.3 is 15.6 Å². The Hall–Kier alpha value is -0.120.